The molecule has 1 amide bonds. The summed E-state index contributed by atoms with van der Waals surface area (Å²) in [6.07, 6.45) is 0. The second-order valence-corrected chi connectivity index (χ2v) is 9.84. The summed E-state index contributed by atoms with van der Waals surface area (Å²) < 4.78 is 15.6. The van der Waals surface area contributed by atoms with Gasteiger partial charge in [-0.05, 0) is 49.0 Å². The van der Waals surface area contributed by atoms with E-state index in [-0.39, 0.29) is 11.1 Å². The van der Waals surface area contributed by atoms with Gasteiger partial charge < -0.3 is 15.1 Å². The topological polar surface area (TPSA) is 77.1 Å². The number of aromatic amines is 1. The Hall–Kier alpha value is -4.56. The first-order chi connectivity index (χ1) is 19.1. The Morgan fingerprint density at radius 2 is 1.69 bits per heavy atom. The molecular weight excluding hydrogens is 491 g/mol. The first kappa shape index (κ1) is 24.8. The molecule has 6 rings (SSSR count). The second kappa shape index (κ2) is 10.7. The van der Waals surface area contributed by atoms with E-state index in [4.69, 9.17) is 4.98 Å². The van der Waals surface area contributed by atoms with Crippen molar-refractivity contribution in [1.82, 2.24) is 25.4 Å². The Balaban J connectivity index is 1.26. The number of nitrogens with zero attached hydrogens (tertiary/aromatic N) is 4. The Bertz CT molecular complexity index is 1610. The monoisotopic (exact) mass is 520 g/mol. The molecule has 2 N–H and O–H groups in total. The lowest BCUT2D eigenvalue weighted by Crippen LogP contribution is -2.44. The van der Waals surface area contributed by atoms with E-state index in [1.165, 1.54) is 11.8 Å². The summed E-state index contributed by atoms with van der Waals surface area (Å²) in [6, 6.07) is 26.2. The third-order valence-corrected chi connectivity index (χ3v) is 7.23. The summed E-state index contributed by atoms with van der Waals surface area (Å²) in [5, 5.41) is 10.3. The van der Waals surface area contributed by atoms with E-state index in [0.717, 1.165) is 42.8 Å². The van der Waals surface area contributed by atoms with Gasteiger partial charge in [-0.25, -0.2) is 9.37 Å². The Morgan fingerprint density at radius 3 is 2.46 bits per heavy atom. The van der Waals surface area contributed by atoms with Crippen LogP contribution in [-0.4, -0.2) is 59.2 Å². The molecule has 0 spiro atoms. The molecule has 7 nitrogen and oxygen atoms in total. The highest BCUT2D eigenvalue weighted by molar-refractivity contribution is 5.96. The van der Waals surface area contributed by atoms with Crippen molar-refractivity contribution in [1.29, 1.82) is 0 Å². The summed E-state index contributed by atoms with van der Waals surface area (Å²) in [5.41, 5.74) is 5.86. The number of anilines is 1. The number of piperazine rings is 1. The van der Waals surface area contributed by atoms with E-state index in [1.54, 1.807) is 18.2 Å². The Morgan fingerprint density at radius 1 is 0.923 bits per heavy atom. The van der Waals surface area contributed by atoms with Gasteiger partial charge in [0.2, 0.25) is 0 Å². The highest BCUT2D eigenvalue weighted by atomic mass is 19.1. The molecule has 1 aliphatic heterocycles. The largest absolute Gasteiger partial charge is 0.369 e. The van der Waals surface area contributed by atoms with E-state index in [0.29, 0.717) is 23.4 Å². The van der Waals surface area contributed by atoms with Gasteiger partial charge in [0.15, 0.2) is 0 Å². The van der Waals surface area contributed by atoms with Crippen LogP contribution >= 0.6 is 0 Å². The highest BCUT2D eigenvalue weighted by Gasteiger charge is 2.19. The fraction of sp³-hybridized carbons (Fsp3) is 0.194. The van der Waals surface area contributed by atoms with Gasteiger partial charge in [-0.15, -0.1) is 0 Å². The number of nitrogens with one attached hydrogen (secondary N) is 2. The Labute approximate surface area is 226 Å². The highest BCUT2D eigenvalue weighted by Crippen LogP contribution is 2.31. The minimum atomic E-state index is -0.600. The standard InChI is InChI=1S/C31H29FN6O/c1-37-16-18-38(19-17-37)23-12-10-22(11-13-23)29-30-27(35-36-29)15-14-26(34-30)24-8-5-9-25(28(24)32)31(39)33-20-21-6-3-2-4-7-21/h2-15H,16-20H2,1H3,(H,33,39)(H,35,36). The molecule has 3 heterocycles. The number of likely N-dealkylation sites (N-methyl/N-ethyl adjacent to an activating group) is 1. The number of amides is 1. The first-order valence-electron chi connectivity index (χ1n) is 13.1. The van der Waals surface area contributed by atoms with Crippen LogP contribution in [0.3, 0.4) is 0 Å². The molecule has 0 saturated carbocycles. The van der Waals surface area contributed by atoms with Gasteiger partial charge in [-0.2, -0.15) is 5.10 Å². The number of hydrogen-bond acceptors (Lipinski definition) is 5. The fourth-order valence-corrected chi connectivity index (χ4v) is 4.92. The Kier molecular flexibility index (Phi) is 6.77. The molecule has 1 saturated heterocycles. The first-order valence-corrected chi connectivity index (χ1v) is 13.1. The van der Waals surface area contributed by atoms with Crippen molar-refractivity contribution >= 4 is 22.6 Å². The number of hydrogen-bond donors (Lipinski definition) is 2. The van der Waals surface area contributed by atoms with Gasteiger partial charge in [0.25, 0.3) is 5.91 Å². The van der Waals surface area contributed by atoms with Gasteiger partial charge in [-0.3, -0.25) is 9.89 Å². The van der Waals surface area contributed by atoms with Crippen LogP contribution < -0.4 is 10.2 Å². The summed E-state index contributed by atoms with van der Waals surface area (Å²) >= 11 is 0. The molecule has 39 heavy (non-hydrogen) atoms. The van der Waals surface area contributed by atoms with Gasteiger partial charge >= 0.3 is 0 Å². The summed E-state index contributed by atoms with van der Waals surface area (Å²) in [5.74, 6) is -1.07. The smallest absolute Gasteiger partial charge is 0.254 e. The molecule has 0 radical (unpaired) electrons. The molecule has 1 fully saturated rings. The second-order valence-electron chi connectivity index (χ2n) is 9.84. The molecule has 0 unspecified atom stereocenters. The molecular formula is C31H29FN6O. The molecule has 5 aromatic rings. The van der Waals surface area contributed by atoms with Gasteiger partial charge in [0, 0.05) is 49.5 Å². The van der Waals surface area contributed by atoms with Crippen LogP contribution in [0.15, 0.2) is 84.9 Å². The number of halogens is 1. The number of fused-ring (bicyclic) bond motifs is 1. The van der Waals surface area contributed by atoms with Crippen LogP contribution in [0.2, 0.25) is 0 Å². The number of rotatable bonds is 6. The maximum Gasteiger partial charge on any atom is 0.254 e. The van der Waals surface area contributed by atoms with E-state index in [1.807, 2.05) is 36.4 Å². The van der Waals surface area contributed by atoms with Gasteiger partial charge in [-0.1, -0.05) is 48.5 Å². The SMILES string of the molecule is CN1CCN(c2ccc(-c3n[nH]c4ccc(-c5cccc(C(=O)NCc6ccccc6)c5F)nc34)cc2)CC1. The van der Waals surface area contributed by atoms with Crippen LogP contribution in [0.1, 0.15) is 15.9 Å². The molecule has 0 bridgehead atoms. The number of aromatic nitrogens is 3. The third-order valence-electron chi connectivity index (χ3n) is 7.23. The molecule has 1 aliphatic rings. The van der Waals surface area contributed by atoms with E-state index < -0.39 is 11.7 Å². The molecule has 0 atom stereocenters. The van der Waals surface area contributed by atoms with Crippen LogP contribution in [0.5, 0.6) is 0 Å². The maximum atomic E-state index is 15.6. The number of carbonyl (C=O) groups is 1. The normalized spacial score (nSPS) is 14.1. The van der Waals surface area contributed by atoms with Gasteiger partial charge in [0.1, 0.15) is 17.0 Å². The third kappa shape index (κ3) is 5.11. The van der Waals surface area contributed by atoms with Crippen molar-refractivity contribution in [3.05, 3.63) is 102 Å². The van der Waals surface area contributed by atoms with E-state index in [2.05, 4.69) is 56.6 Å². The van der Waals surface area contributed by atoms with Crippen LogP contribution in [-0.2, 0) is 6.54 Å². The van der Waals surface area contributed by atoms with E-state index >= 15 is 4.39 Å². The number of benzene rings is 3. The minimum Gasteiger partial charge on any atom is -0.369 e. The fourth-order valence-electron chi connectivity index (χ4n) is 4.92. The number of pyridine rings is 1. The van der Waals surface area contributed by atoms with Crippen LogP contribution in [0.25, 0.3) is 33.5 Å². The average molecular weight is 521 g/mol. The lowest BCUT2D eigenvalue weighted by molar-refractivity contribution is 0.0947. The zero-order valence-electron chi connectivity index (χ0n) is 21.7. The predicted octanol–water partition coefficient (Wildman–Crippen LogP) is 5.11. The lowest BCUT2D eigenvalue weighted by Gasteiger charge is -2.34. The van der Waals surface area contributed by atoms with Crippen LogP contribution in [0, 0.1) is 5.82 Å². The van der Waals surface area contributed by atoms with Crippen LogP contribution in [0.4, 0.5) is 10.1 Å². The summed E-state index contributed by atoms with van der Waals surface area (Å²) in [7, 11) is 2.15. The predicted molar refractivity (Wildman–Crippen MR) is 152 cm³/mol. The molecule has 8 heteroatoms. The quantitative estimate of drug-likeness (QED) is 0.325. The maximum absolute atomic E-state index is 15.6. The lowest BCUT2D eigenvalue weighted by atomic mass is 10.0. The molecule has 196 valence electrons. The van der Waals surface area contributed by atoms with Crippen molar-refractivity contribution in [3.8, 4) is 22.5 Å². The van der Waals surface area contributed by atoms with Crippen molar-refractivity contribution < 1.29 is 9.18 Å². The van der Waals surface area contributed by atoms with Crippen molar-refractivity contribution in [2.75, 3.05) is 38.1 Å². The molecule has 2 aromatic heterocycles. The summed E-state index contributed by atoms with van der Waals surface area (Å²) in [6.45, 7) is 4.41. The zero-order chi connectivity index (χ0) is 26.8. The zero-order valence-corrected chi connectivity index (χ0v) is 21.7. The van der Waals surface area contributed by atoms with Crippen molar-refractivity contribution in [3.63, 3.8) is 0 Å². The summed E-state index contributed by atoms with van der Waals surface area (Å²) in [4.78, 5) is 22.3. The molecule has 0 aliphatic carbocycles. The van der Waals surface area contributed by atoms with Crippen molar-refractivity contribution in [2.45, 2.75) is 6.54 Å². The van der Waals surface area contributed by atoms with Crippen molar-refractivity contribution in [2.24, 2.45) is 0 Å². The number of H-pyrrole nitrogens is 1. The number of carbonyl (C=O) groups excluding carboxylic acids is 1. The minimum absolute atomic E-state index is 0.0164. The molecule has 3 aromatic carbocycles. The van der Waals surface area contributed by atoms with E-state index in [9.17, 15) is 4.79 Å². The van der Waals surface area contributed by atoms with Gasteiger partial charge in [0.05, 0.1) is 16.8 Å². The average Bonchev–Trinajstić information content (AvgIpc) is 3.40.